The van der Waals surface area contributed by atoms with Crippen molar-refractivity contribution in [2.75, 3.05) is 29.4 Å². The monoisotopic (exact) mass is 1870 g/mol. The normalized spacial score (nSPS) is 14.0. The first-order valence-electron chi connectivity index (χ1n) is 46.3. The summed E-state index contributed by atoms with van der Waals surface area (Å²) in [5.41, 5.74) is 27.1. The zero-order chi connectivity index (χ0) is 94.2. The molecule has 0 N–H and O–H groups in total. The highest BCUT2D eigenvalue weighted by molar-refractivity contribution is 8.00. The molecule has 28 heteroatoms. The van der Waals surface area contributed by atoms with Crippen molar-refractivity contribution in [1.29, 1.82) is 0 Å². The molecule has 24 aromatic rings. The van der Waals surface area contributed by atoms with E-state index in [1.165, 1.54) is 22.3 Å². The van der Waals surface area contributed by atoms with E-state index in [4.69, 9.17) is 79.2 Å². The molecule has 0 amide bonds. The molecule has 0 bridgehead atoms. The Labute approximate surface area is 818 Å². The first kappa shape index (κ1) is 81.8. The van der Waals surface area contributed by atoms with Crippen LogP contribution in [0.4, 0.5) is 103 Å². The Bertz CT molecular complexity index is 8320. The van der Waals surface area contributed by atoms with E-state index in [0.717, 1.165) is 87.8 Å². The van der Waals surface area contributed by atoms with Gasteiger partial charge in [0.05, 0.1) is 68.2 Å². The van der Waals surface area contributed by atoms with Gasteiger partial charge in [-0.05, 0) is 144 Å². The molecule has 0 unspecified atom stereocenters. The second-order valence-corrected chi connectivity index (χ2v) is 37.9. The van der Waals surface area contributed by atoms with Crippen LogP contribution in [0.3, 0.4) is 0 Å². The minimum absolute atomic E-state index is 0.244. The molecule has 6 aliphatic heterocycles. The van der Waals surface area contributed by atoms with Crippen LogP contribution in [0, 0.1) is 0 Å². The van der Waals surface area contributed by atoms with Gasteiger partial charge in [-0.2, -0.15) is 0 Å². The molecular weight excluding hydrogens is 1800 g/mol. The van der Waals surface area contributed by atoms with E-state index in [1.807, 2.05) is 97.1 Å². The zero-order valence-electron chi connectivity index (χ0n) is 76.0. The van der Waals surface area contributed by atoms with Gasteiger partial charge < -0.3 is 9.47 Å². The molecular formula is C114H72N24O2S2. The fraction of sp³-hybridized carbons (Fsp3) is 0.0526. The topological polar surface area (TPSA) is 270 Å². The summed E-state index contributed by atoms with van der Waals surface area (Å²) in [5, 5.41) is 0. The molecule has 6 aliphatic rings. The molecule has 0 aliphatic carbocycles. The van der Waals surface area contributed by atoms with Crippen molar-refractivity contribution >= 4 is 226 Å². The van der Waals surface area contributed by atoms with Crippen LogP contribution in [0.2, 0.25) is 0 Å². The van der Waals surface area contributed by atoms with Crippen LogP contribution in [0.5, 0.6) is 23.0 Å². The maximum absolute atomic E-state index is 6.38. The van der Waals surface area contributed by atoms with Gasteiger partial charge in [0.15, 0.2) is 57.9 Å². The number of rotatable bonds is 6. The predicted octanol–water partition coefficient (Wildman–Crippen LogP) is 27.8. The van der Waals surface area contributed by atoms with Gasteiger partial charge in [0.2, 0.25) is 0 Å². The summed E-state index contributed by atoms with van der Waals surface area (Å²) in [6.45, 7) is 9.18. The number of hydrogen-bond acceptors (Lipinski definition) is 28. The van der Waals surface area contributed by atoms with Gasteiger partial charge in [0.25, 0.3) is 0 Å². The Morgan fingerprint density at radius 1 is 0.169 bits per heavy atom. The van der Waals surface area contributed by atoms with Crippen LogP contribution in [0.15, 0.2) is 385 Å². The molecule has 142 heavy (non-hydrogen) atoms. The van der Waals surface area contributed by atoms with Crippen LogP contribution in [-0.2, 0) is 10.8 Å². The second-order valence-electron chi connectivity index (χ2n) is 35.7. The smallest absolute Gasteiger partial charge is 0.182 e. The molecule has 0 radical (unpaired) electrons. The van der Waals surface area contributed by atoms with Crippen molar-refractivity contribution in [2.45, 2.75) is 58.1 Å². The quantitative estimate of drug-likeness (QED) is 0.140. The minimum atomic E-state index is -0.244. The lowest BCUT2D eigenvalue weighted by Gasteiger charge is -2.44. The van der Waals surface area contributed by atoms with Crippen LogP contribution in [0.25, 0.3) is 99.3 Å². The largest absolute Gasteiger partial charge is 0.453 e. The Hall–Kier alpha value is -18.5. The van der Waals surface area contributed by atoms with E-state index < -0.39 is 0 Å². The van der Waals surface area contributed by atoms with E-state index >= 15 is 0 Å². The lowest BCUT2D eigenvalue weighted by molar-refractivity contribution is 0.475. The van der Waals surface area contributed by atoms with Crippen LogP contribution in [0.1, 0.15) is 49.9 Å². The van der Waals surface area contributed by atoms with Gasteiger partial charge in [-0.3, -0.25) is 89.2 Å². The molecule has 0 spiro atoms. The van der Waals surface area contributed by atoms with Gasteiger partial charge in [-0.1, -0.05) is 221 Å². The van der Waals surface area contributed by atoms with Crippen LogP contribution < -0.4 is 38.9 Å². The molecule has 672 valence electrons. The Morgan fingerprint density at radius 2 is 0.317 bits per heavy atom. The van der Waals surface area contributed by atoms with Crippen molar-refractivity contribution < 1.29 is 9.47 Å². The Morgan fingerprint density at radius 3 is 0.521 bits per heavy atom. The van der Waals surface area contributed by atoms with E-state index in [-0.39, 0.29) is 10.8 Å². The van der Waals surface area contributed by atoms with Crippen LogP contribution >= 0.6 is 23.5 Å². The first-order chi connectivity index (χ1) is 70.0. The predicted molar refractivity (Wildman–Crippen MR) is 558 cm³/mol. The number of para-hydroxylation sites is 16. The Balaban J connectivity index is 0.000000104. The van der Waals surface area contributed by atoms with Crippen LogP contribution in [-0.4, -0.2) is 89.7 Å². The number of ether oxygens (including phenoxy) is 2. The lowest BCUT2D eigenvalue weighted by Crippen LogP contribution is -2.34. The molecule has 9 aromatic heterocycles. The molecule has 15 aromatic carbocycles. The molecule has 26 nitrogen and oxygen atoms in total. The summed E-state index contributed by atoms with van der Waals surface area (Å²) in [5.74, 6) is 6.67. The van der Waals surface area contributed by atoms with Gasteiger partial charge in [0.1, 0.15) is 99.3 Å². The fourth-order valence-electron chi connectivity index (χ4n) is 20.8. The van der Waals surface area contributed by atoms with E-state index in [0.29, 0.717) is 157 Å². The van der Waals surface area contributed by atoms with Crippen molar-refractivity contribution in [1.82, 2.24) is 89.7 Å². The Kier molecular flexibility index (Phi) is 18.5. The standard InChI is InChI=1S/C42H32N8.C36H20N8O2.C36H20N8S2/c1-41(2)25-13-5-9-17-29(25)49(30-18-10-6-14-26(30)41)39-40(50-31-19-11-7-15-27(31)42(3,4)28-16-8-12-20-32(28)50)48-38-36-34(44-22-24-46-36)33-35(37(38)47-39)45-23-21-43-33;2*1-5-13-25-21(9-1)43(22-10-2-6-14-26(22)45-25)35-36(44-23-11-3-7-15-27(23)46-28-16-8-4-12-24(28)44)42-34-32-30(38-18-20-40-32)29-31(33(34)41-35)39-19-17-37-29/h5-24H,1-4H3;2*1-20H. The van der Waals surface area contributed by atoms with Crippen molar-refractivity contribution in [3.8, 4) is 23.0 Å². The zero-order valence-corrected chi connectivity index (χ0v) is 77.6. The third kappa shape index (κ3) is 12.5. The number of aromatic nitrogens is 18. The number of hydrogen-bond donors (Lipinski definition) is 0. The van der Waals surface area contributed by atoms with Gasteiger partial charge in [-0.25, -0.2) is 29.9 Å². The van der Waals surface area contributed by atoms with E-state index in [1.54, 1.807) is 97.9 Å². The number of anilines is 18. The summed E-state index contributed by atoms with van der Waals surface area (Å²) in [6.07, 6.45) is 20.1. The summed E-state index contributed by atoms with van der Waals surface area (Å²) < 4.78 is 12.8. The average molecular weight is 1870 g/mol. The molecule has 0 atom stereocenters. The molecule has 0 saturated heterocycles. The summed E-state index contributed by atoms with van der Waals surface area (Å²) in [6, 6.07) is 100.0. The number of fused-ring (bicyclic) bond motifs is 30. The SMILES string of the molecule is CC1(C)c2ccccc2N(c2nc3c4nccnc4c4nccnc4c3nc2N2c3ccccc3C(C)(C)c3ccccc32)c2ccccc21.c1ccc2c(c1)Oc1ccccc1N2c1nc2c3nccnc3c3nccnc3c2nc1N1c2ccccc2Oc2ccccc21.c1ccc2c(c1)Sc1ccccc1N2c1nc2c3nccnc3c3nccnc3c2nc1N1c2ccccc2Sc2ccccc21. The lowest BCUT2D eigenvalue weighted by atomic mass is 9.73. The summed E-state index contributed by atoms with van der Waals surface area (Å²) >= 11 is 3.52. The number of benzene rings is 15. The van der Waals surface area contributed by atoms with Crippen molar-refractivity contribution in [3.63, 3.8) is 0 Å². The highest BCUT2D eigenvalue weighted by Crippen LogP contribution is 2.63. The maximum Gasteiger partial charge on any atom is 0.182 e. The second kappa shape index (κ2) is 32.0. The van der Waals surface area contributed by atoms with Crippen molar-refractivity contribution in [2.24, 2.45) is 0 Å². The molecule has 15 heterocycles. The molecule has 30 rings (SSSR count). The number of nitrogens with zero attached hydrogens (tertiary/aromatic N) is 24. The third-order valence-corrected chi connectivity index (χ3v) is 29.3. The third-order valence-electron chi connectivity index (χ3n) is 27.1. The van der Waals surface area contributed by atoms with Crippen molar-refractivity contribution in [3.05, 3.63) is 388 Å². The highest BCUT2D eigenvalue weighted by Gasteiger charge is 2.45. The van der Waals surface area contributed by atoms with E-state index in [2.05, 4.69) is 271 Å². The highest BCUT2D eigenvalue weighted by atomic mass is 32.2. The fourth-order valence-corrected chi connectivity index (χ4v) is 22.9. The minimum Gasteiger partial charge on any atom is -0.453 e. The molecule has 0 fully saturated rings. The van der Waals surface area contributed by atoms with Gasteiger partial charge >= 0.3 is 0 Å². The summed E-state index contributed by atoms with van der Waals surface area (Å²) in [4.78, 5) is 108. The van der Waals surface area contributed by atoms with Gasteiger partial charge in [-0.15, -0.1) is 0 Å². The van der Waals surface area contributed by atoms with E-state index in [9.17, 15) is 0 Å². The van der Waals surface area contributed by atoms with Gasteiger partial charge in [0, 0.05) is 105 Å². The summed E-state index contributed by atoms with van der Waals surface area (Å²) in [7, 11) is 0. The maximum atomic E-state index is 6.38. The first-order valence-corrected chi connectivity index (χ1v) is 47.9. The molecule has 0 saturated carbocycles. The average Bonchev–Trinajstić information content (AvgIpc) is 0.763.